The SMILES string of the molecule is COc1cc(/C=C/C(=O)c2ccc(F)cc2F)cc2c1OCO2. The zero-order valence-corrected chi connectivity index (χ0v) is 12.1. The highest BCUT2D eigenvalue weighted by molar-refractivity contribution is 6.07. The molecule has 1 heterocycles. The first-order chi connectivity index (χ1) is 11.1. The highest BCUT2D eigenvalue weighted by Gasteiger charge is 2.19. The van der Waals surface area contributed by atoms with E-state index in [1.807, 2.05) is 0 Å². The number of benzene rings is 2. The summed E-state index contributed by atoms with van der Waals surface area (Å²) in [4.78, 5) is 12.0. The summed E-state index contributed by atoms with van der Waals surface area (Å²) in [6, 6.07) is 6.16. The van der Waals surface area contributed by atoms with Crippen LogP contribution in [0.3, 0.4) is 0 Å². The minimum absolute atomic E-state index is 0.0958. The van der Waals surface area contributed by atoms with Crippen LogP contribution in [0.15, 0.2) is 36.4 Å². The fraction of sp³-hybridized carbons (Fsp3) is 0.118. The maximum absolute atomic E-state index is 13.6. The minimum atomic E-state index is -0.900. The molecule has 0 atom stereocenters. The lowest BCUT2D eigenvalue weighted by molar-refractivity contribution is 0.104. The largest absolute Gasteiger partial charge is 0.493 e. The van der Waals surface area contributed by atoms with E-state index < -0.39 is 17.4 Å². The molecule has 0 aromatic heterocycles. The van der Waals surface area contributed by atoms with Crippen molar-refractivity contribution in [2.75, 3.05) is 13.9 Å². The second kappa shape index (κ2) is 6.08. The predicted molar refractivity (Wildman–Crippen MR) is 78.8 cm³/mol. The van der Waals surface area contributed by atoms with Gasteiger partial charge in [0.05, 0.1) is 12.7 Å². The van der Waals surface area contributed by atoms with E-state index in [0.717, 1.165) is 12.1 Å². The highest BCUT2D eigenvalue weighted by atomic mass is 19.1. The van der Waals surface area contributed by atoms with Crippen LogP contribution in [-0.2, 0) is 0 Å². The van der Waals surface area contributed by atoms with Gasteiger partial charge in [0.15, 0.2) is 17.3 Å². The number of halogens is 2. The van der Waals surface area contributed by atoms with Crippen molar-refractivity contribution >= 4 is 11.9 Å². The van der Waals surface area contributed by atoms with Gasteiger partial charge in [0, 0.05) is 6.07 Å². The summed E-state index contributed by atoms with van der Waals surface area (Å²) >= 11 is 0. The summed E-state index contributed by atoms with van der Waals surface area (Å²) in [6.45, 7) is 0.0958. The lowest BCUT2D eigenvalue weighted by Gasteiger charge is -2.05. The maximum atomic E-state index is 13.6. The zero-order valence-electron chi connectivity index (χ0n) is 12.1. The van der Waals surface area contributed by atoms with Gasteiger partial charge in [-0.2, -0.15) is 0 Å². The Bertz CT molecular complexity index is 799. The third-order valence-electron chi connectivity index (χ3n) is 3.30. The van der Waals surface area contributed by atoms with E-state index in [0.29, 0.717) is 28.9 Å². The molecule has 0 unspecified atom stereocenters. The zero-order chi connectivity index (χ0) is 16.4. The summed E-state index contributed by atoms with van der Waals surface area (Å²) in [5, 5.41) is 0. The van der Waals surface area contributed by atoms with Gasteiger partial charge in [0.1, 0.15) is 11.6 Å². The summed E-state index contributed by atoms with van der Waals surface area (Å²) < 4.78 is 42.2. The first kappa shape index (κ1) is 15.0. The minimum Gasteiger partial charge on any atom is -0.493 e. The van der Waals surface area contributed by atoms with Gasteiger partial charge in [-0.15, -0.1) is 0 Å². The van der Waals surface area contributed by atoms with Gasteiger partial charge in [-0.25, -0.2) is 8.78 Å². The van der Waals surface area contributed by atoms with Crippen LogP contribution in [0.4, 0.5) is 8.78 Å². The van der Waals surface area contributed by atoms with E-state index in [2.05, 4.69) is 0 Å². The summed E-state index contributed by atoms with van der Waals surface area (Å²) in [6.07, 6.45) is 2.70. The standard InChI is InChI=1S/C17H12F2O4/c1-21-15-6-10(7-16-17(15)23-9-22-16)2-5-14(20)12-4-3-11(18)8-13(12)19/h2-8H,9H2,1H3/b5-2+. The molecule has 118 valence electrons. The molecular weight excluding hydrogens is 306 g/mol. The van der Waals surface area contributed by atoms with E-state index in [1.165, 1.54) is 19.3 Å². The molecule has 3 rings (SSSR count). The molecule has 0 spiro atoms. The van der Waals surface area contributed by atoms with Crippen LogP contribution >= 0.6 is 0 Å². The van der Waals surface area contributed by atoms with Crippen LogP contribution in [0.25, 0.3) is 6.08 Å². The van der Waals surface area contributed by atoms with E-state index in [1.54, 1.807) is 12.1 Å². The average molecular weight is 318 g/mol. The van der Waals surface area contributed by atoms with Crippen LogP contribution < -0.4 is 14.2 Å². The Morgan fingerprint density at radius 1 is 1.22 bits per heavy atom. The highest BCUT2D eigenvalue weighted by Crippen LogP contribution is 2.42. The Morgan fingerprint density at radius 2 is 2.04 bits per heavy atom. The molecule has 23 heavy (non-hydrogen) atoms. The molecule has 2 aromatic rings. The molecule has 0 bridgehead atoms. The lowest BCUT2D eigenvalue weighted by atomic mass is 10.1. The Labute approximate surface area is 130 Å². The third kappa shape index (κ3) is 3.01. The van der Waals surface area contributed by atoms with Crippen LogP contribution in [0.1, 0.15) is 15.9 Å². The maximum Gasteiger partial charge on any atom is 0.231 e. The fourth-order valence-corrected chi connectivity index (χ4v) is 2.20. The summed E-state index contributed by atoms with van der Waals surface area (Å²) in [5.41, 5.74) is 0.428. The molecule has 0 aliphatic carbocycles. The molecular formula is C17H12F2O4. The van der Waals surface area contributed by atoms with Crippen molar-refractivity contribution in [2.24, 2.45) is 0 Å². The van der Waals surface area contributed by atoms with Crippen molar-refractivity contribution < 1.29 is 27.8 Å². The van der Waals surface area contributed by atoms with Crippen molar-refractivity contribution in [3.63, 3.8) is 0 Å². The smallest absolute Gasteiger partial charge is 0.231 e. The van der Waals surface area contributed by atoms with Gasteiger partial charge in [0.25, 0.3) is 0 Å². The number of carbonyl (C=O) groups is 1. The van der Waals surface area contributed by atoms with E-state index in [9.17, 15) is 13.6 Å². The van der Waals surface area contributed by atoms with E-state index in [-0.39, 0.29) is 12.4 Å². The molecule has 0 saturated heterocycles. The Hall–Kier alpha value is -2.89. The van der Waals surface area contributed by atoms with Crippen LogP contribution in [0, 0.1) is 11.6 Å². The number of allylic oxidation sites excluding steroid dienone is 1. The van der Waals surface area contributed by atoms with Gasteiger partial charge in [-0.3, -0.25) is 4.79 Å². The first-order valence-electron chi connectivity index (χ1n) is 6.73. The predicted octanol–water partition coefficient (Wildman–Crippen LogP) is 3.60. The van der Waals surface area contributed by atoms with Gasteiger partial charge < -0.3 is 14.2 Å². The van der Waals surface area contributed by atoms with E-state index >= 15 is 0 Å². The van der Waals surface area contributed by atoms with Crippen LogP contribution in [-0.4, -0.2) is 19.7 Å². The molecule has 0 fully saturated rings. The summed E-state index contributed by atoms with van der Waals surface area (Å²) in [5.74, 6) is -0.726. The normalized spacial score (nSPS) is 12.7. The number of hydrogen-bond acceptors (Lipinski definition) is 4. The molecule has 1 aliphatic heterocycles. The third-order valence-corrected chi connectivity index (χ3v) is 3.30. The molecule has 6 heteroatoms. The number of rotatable bonds is 4. The van der Waals surface area contributed by atoms with Crippen molar-refractivity contribution in [2.45, 2.75) is 0 Å². The number of ketones is 1. The van der Waals surface area contributed by atoms with Crippen molar-refractivity contribution in [1.82, 2.24) is 0 Å². The van der Waals surface area contributed by atoms with Crippen molar-refractivity contribution in [1.29, 1.82) is 0 Å². The number of carbonyl (C=O) groups excluding carboxylic acids is 1. The molecule has 1 aliphatic rings. The Kier molecular flexibility index (Phi) is 3.97. The second-order valence-electron chi connectivity index (χ2n) is 4.78. The molecule has 0 saturated carbocycles. The van der Waals surface area contributed by atoms with Crippen LogP contribution in [0.2, 0.25) is 0 Å². The average Bonchev–Trinajstić information content (AvgIpc) is 3.00. The van der Waals surface area contributed by atoms with Gasteiger partial charge >= 0.3 is 0 Å². The monoisotopic (exact) mass is 318 g/mol. The summed E-state index contributed by atoms with van der Waals surface area (Å²) in [7, 11) is 1.49. The fourth-order valence-electron chi connectivity index (χ4n) is 2.20. The first-order valence-corrected chi connectivity index (χ1v) is 6.73. The lowest BCUT2D eigenvalue weighted by Crippen LogP contribution is -1.99. The van der Waals surface area contributed by atoms with Crippen molar-refractivity contribution in [3.05, 3.63) is 59.2 Å². The molecule has 2 aromatic carbocycles. The van der Waals surface area contributed by atoms with Crippen molar-refractivity contribution in [3.8, 4) is 17.2 Å². The molecule has 0 N–H and O–H groups in total. The van der Waals surface area contributed by atoms with Gasteiger partial charge in [0.2, 0.25) is 12.5 Å². The van der Waals surface area contributed by atoms with Crippen LogP contribution in [0.5, 0.6) is 17.2 Å². The van der Waals surface area contributed by atoms with Gasteiger partial charge in [-0.1, -0.05) is 6.08 Å². The second-order valence-corrected chi connectivity index (χ2v) is 4.78. The van der Waals surface area contributed by atoms with E-state index in [4.69, 9.17) is 14.2 Å². The molecule has 0 radical (unpaired) electrons. The number of fused-ring (bicyclic) bond motifs is 1. The Morgan fingerprint density at radius 3 is 2.78 bits per heavy atom. The van der Waals surface area contributed by atoms with Gasteiger partial charge in [-0.05, 0) is 35.9 Å². The molecule has 4 nitrogen and oxygen atoms in total. The topological polar surface area (TPSA) is 44.8 Å². The number of hydrogen-bond donors (Lipinski definition) is 0. The molecule has 0 amide bonds. The Balaban J connectivity index is 1.86. The number of methoxy groups -OCH3 is 1. The quantitative estimate of drug-likeness (QED) is 0.638. The number of ether oxygens (including phenoxy) is 3.